The van der Waals surface area contributed by atoms with Crippen molar-refractivity contribution in [1.82, 2.24) is 4.98 Å². The van der Waals surface area contributed by atoms with Gasteiger partial charge >= 0.3 is 0 Å². The van der Waals surface area contributed by atoms with Crippen LogP contribution in [0.2, 0.25) is 0 Å². The Balaban J connectivity index is 2.07. The summed E-state index contributed by atoms with van der Waals surface area (Å²) in [6.45, 7) is 14.6. The van der Waals surface area contributed by atoms with E-state index in [1.807, 2.05) is 45.0 Å². The second-order valence-corrected chi connectivity index (χ2v) is 9.75. The first-order valence-electron chi connectivity index (χ1n) is 10.7. The standard InChI is InChI=1S/C25H35NO3/c1-14(2)23-22(24(28)17-8-10-18(11-9-17)29-15(3)4)16(5)21-19(26-23)12-25(6,7)13-20(21)27/h8-11,14-15,20,24,27-28H,12-13H2,1-7H3/t20?,24-/m1/s1. The summed E-state index contributed by atoms with van der Waals surface area (Å²) in [4.78, 5) is 4.98. The van der Waals surface area contributed by atoms with Crippen molar-refractivity contribution in [2.75, 3.05) is 0 Å². The van der Waals surface area contributed by atoms with E-state index in [1.54, 1.807) is 0 Å². The van der Waals surface area contributed by atoms with Crippen LogP contribution in [0.3, 0.4) is 0 Å². The molecule has 2 atom stereocenters. The molecule has 0 aliphatic heterocycles. The summed E-state index contributed by atoms with van der Waals surface area (Å²) in [7, 11) is 0. The van der Waals surface area contributed by atoms with E-state index in [4.69, 9.17) is 9.72 Å². The van der Waals surface area contributed by atoms with Crippen LogP contribution in [0.25, 0.3) is 0 Å². The predicted octanol–water partition coefficient (Wildman–Crippen LogP) is 5.39. The number of rotatable bonds is 5. The van der Waals surface area contributed by atoms with Crippen molar-refractivity contribution in [2.24, 2.45) is 5.41 Å². The molecule has 4 nitrogen and oxygen atoms in total. The molecular weight excluding hydrogens is 362 g/mol. The number of benzene rings is 1. The average molecular weight is 398 g/mol. The molecular formula is C25H35NO3. The maximum Gasteiger partial charge on any atom is 0.119 e. The highest BCUT2D eigenvalue weighted by Gasteiger charge is 2.36. The van der Waals surface area contributed by atoms with Gasteiger partial charge in [0.25, 0.3) is 0 Å². The molecule has 0 bridgehead atoms. The number of aliphatic hydroxyl groups excluding tert-OH is 2. The average Bonchev–Trinajstić information content (AvgIpc) is 2.59. The third-order valence-electron chi connectivity index (χ3n) is 5.76. The van der Waals surface area contributed by atoms with Gasteiger partial charge in [0.05, 0.1) is 12.2 Å². The molecule has 0 amide bonds. The highest BCUT2D eigenvalue weighted by Crippen LogP contribution is 2.44. The van der Waals surface area contributed by atoms with Crippen LogP contribution in [0.5, 0.6) is 5.75 Å². The van der Waals surface area contributed by atoms with Gasteiger partial charge in [0.15, 0.2) is 0 Å². The van der Waals surface area contributed by atoms with Gasteiger partial charge in [-0.1, -0.05) is 39.8 Å². The Morgan fingerprint density at radius 3 is 2.28 bits per heavy atom. The smallest absolute Gasteiger partial charge is 0.119 e. The van der Waals surface area contributed by atoms with Crippen LogP contribution >= 0.6 is 0 Å². The Morgan fingerprint density at radius 1 is 1.10 bits per heavy atom. The maximum atomic E-state index is 11.3. The number of aliphatic hydroxyl groups is 2. The van der Waals surface area contributed by atoms with Crippen molar-refractivity contribution in [1.29, 1.82) is 0 Å². The van der Waals surface area contributed by atoms with E-state index in [0.717, 1.165) is 45.8 Å². The zero-order chi connectivity index (χ0) is 21.5. The Kier molecular flexibility index (Phi) is 6.07. The molecule has 158 valence electrons. The molecule has 1 aliphatic rings. The van der Waals surface area contributed by atoms with Gasteiger partial charge in [-0.2, -0.15) is 0 Å². The summed E-state index contributed by atoms with van der Waals surface area (Å²) in [5, 5.41) is 22.2. The lowest BCUT2D eigenvalue weighted by Crippen LogP contribution is -2.29. The van der Waals surface area contributed by atoms with Gasteiger partial charge in [0, 0.05) is 22.5 Å². The number of hydrogen-bond donors (Lipinski definition) is 2. The van der Waals surface area contributed by atoms with Crippen molar-refractivity contribution in [3.63, 3.8) is 0 Å². The molecule has 1 aliphatic carbocycles. The zero-order valence-corrected chi connectivity index (χ0v) is 18.8. The lowest BCUT2D eigenvalue weighted by Gasteiger charge is -2.36. The lowest BCUT2D eigenvalue weighted by atomic mass is 9.72. The fourth-order valence-electron chi connectivity index (χ4n) is 4.50. The summed E-state index contributed by atoms with van der Waals surface area (Å²) in [6, 6.07) is 7.61. The molecule has 1 aromatic carbocycles. The summed E-state index contributed by atoms with van der Waals surface area (Å²) >= 11 is 0. The summed E-state index contributed by atoms with van der Waals surface area (Å²) in [6.07, 6.45) is 0.324. The normalized spacial score (nSPS) is 19.3. The van der Waals surface area contributed by atoms with Gasteiger partial charge in [0.1, 0.15) is 11.9 Å². The minimum absolute atomic E-state index is 0.0203. The van der Waals surface area contributed by atoms with E-state index in [0.29, 0.717) is 6.42 Å². The number of fused-ring (bicyclic) bond motifs is 1. The number of ether oxygens (including phenoxy) is 1. The van der Waals surface area contributed by atoms with Gasteiger partial charge in [-0.15, -0.1) is 0 Å². The van der Waals surface area contributed by atoms with E-state index < -0.39 is 12.2 Å². The maximum absolute atomic E-state index is 11.3. The van der Waals surface area contributed by atoms with Crippen LogP contribution in [-0.4, -0.2) is 21.3 Å². The Morgan fingerprint density at radius 2 is 1.72 bits per heavy atom. The van der Waals surface area contributed by atoms with Crippen molar-refractivity contribution in [2.45, 2.75) is 85.5 Å². The molecule has 4 heteroatoms. The number of pyridine rings is 1. The molecule has 1 heterocycles. The lowest BCUT2D eigenvalue weighted by molar-refractivity contribution is 0.0968. The summed E-state index contributed by atoms with van der Waals surface area (Å²) < 4.78 is 5.72. The van der Waals surface area contributed by atoms with Crippen LogP contribution in [0, 0.1) is 12.3 Å². The topological polar surface area (TPSA) is 62.6 Å². The first-order valence-corrected chi connectivity index (χ1v) is 10.7. The molecule has 2 aromatic rings. The Labute approximate surface area is 175 Å². The first kappa shape index (κ1) is 21.8. The van der Waals surface area contributed by atoms with Crippen molar-refractivity contribution in [3.8, 4) is 5.75 Å². The molecule has 0 spiro atoms. The molecule has 3 rings (SSSR count). The third-order valence-corrected chi connectivity index (χ3v) is 5.76. The fourth-order valence-corrected chi connectivity index (χ4v) is 4.50. The molecule has 1 unspecified atom stereocenters. The SMILES string of the molecule is Cc1c2c(nc(C(C)C)c1[C@H](O)c1ccc(OC(C)C)cc1)CC(C)(C)CC2O. The molecule has 0 saturated carbocycles. The fraction of sp³-hybridized carbons (Fsp3) is 0.560. The molecule has 1 aromatic heterocycles. The highest BCUT2D eigenvalue weighted by atomic mass is 16.5. The number of nitrogens with zero attached hydrogens (tertiary/aromatic N) is 1. The van der Waals surface area contributed by atoms with E-state index in [1.165, 1.54) is 0 Å². The second-order valence-electron chi connectivity index (χ2n) is 9.75. The van der Waals surface area contributed by atoms with Gasteiger partial charge in [0.2, 0.25) is 0 Å². The van der Waals surface area contributed by atoms with E-state index in [9.17, 15) is 10.2 Å². The zero-order valence-electron chi connectivity index (χ0n) is 18.8. The Hall–Kier alpha value is -1.91. The Bertz CT molecular complexity index is 869. The number of hydrogen-bond acceptors (Lipinski definition) is 4. The second kappa shape index (κ2) is 8.08. The van der Waals surface area contributed by atoms with Crippen LogP contribution in [0.15, 0.2) is 24.3 Å². The first-order chi connectivity index (χ1) is 13.5. The minimum atomic E-state index is -0.791. The quantitative estimate of drug-likeness (QED) is 0.710. The van der Waals surface area contributed by atoms with E-state index in [-0.39, 0.29) is 17.4 Å². The molecule has 29 heavy (non-hydrogen) atoms. The van der Waals surface area contributed by atoms with Crippen LogP contribution in [0.4, 0.5) is 0 Å². The molecule has 0 saturated heterocycles. The monoisotopic (exact) mass is 397 g/mol. The van der Waals surface area contributed by atoms with E-state index >= 15 is 0 Å². The van der Waals surface area contributed by atoms with Gasteiger partial charge in [-0.25, -0.2) is 0 Å². The van der Waals surface area contributed by atoms with Crippen molar-refractivity contribution >= 4 is 0 Å². The van der Waals surface area contributed by atoms with Crippen LogP contribution < -0.4 is 4.74 Å². The van der Waals surface area contributed by atoms with Crippen molar-refractivity contribution in [3.05, 3.63) is 57.9 Å². The molecule has 0 radical (unpaired) electrons. The summed E-state index contributed by atoms with van der Waals surface area (Å²) in [5.41, 5.74) is 5.42. The summed E-state index contributed by atoms with van der Waals surface area (Å²) in [5.74, 6) is 0.965. The third kappa shape index (κ3) is 4.49. The van der Waals surface area contributed by atoms with Gasteiger partial charge in [-0.05, 0) is 68.2 Å². The highest BCUT2D eigenvalue weighted by molar-refractivity contribution is 5.48. The minimum Gasteiger partial charge on any atom is -0.491 e. The predicted molar refractivity (Wildman–Crippen MR) is 116 cm³/mol. The van der Waals surface area contributed by atoms with Crippen LogP contribution in [-0.2, 0) is 6.42 Å². The molecule has 2 N–H and O–H groups in total. The van der Waals surface area contributed by atoms with E-state index in [2.05, 4.69) is 27.7 Å². The largest absolute Gasteiger partial charge is 0.491 e. The van der Waals surface area contributed by atoms with Gasteiger partial charge < -0.3 is 14.9 Å². The van der Waals surface area contributed by atoms with Crippen molar-refractivity contribution < 1.29 is 14.9 Å². The molecule has 0 fully saturated rings. The van der Waals surface area contributed by atoms with Gasteiger partial charge in [-0.3, -0.25) is 4.98 Å². The number of aromatic nitrogens is 1. The van der Waals surface area contributed by atoms with Crippen LogP contribution in [0.1, 0.15) is 99.7 Å².